The van der Waals surface area contributed by atoms with E-state index in [1.807, 2.05) is 0 Å². The molecule has 2 rings (SSSR count). The standard InChI is InChI=1S/C13H11NO5/c1-8-7-11(14-19-8)13(16)18-10-5-3-9(4-6-10)12(15)17-2/h3-7H,1-2H3. The average molecular weight is 261 g/mol. The zero-order valence-corrected chi connectivity index (χ0v) is 10.4. The van der Waals surface area contributed by atoms with Crippen molar-refractivity contribution >= 4 is 11.9 Å². The first-order valence-electron chi connectivity index (χ1n) is 5.44. The van der Waals surface area contributed by atoms with Gasteiger partial charge in [0.15, 0.2) is 5.69 Å². The summed E-state index contributed by atoms with van der Waals surface area (Å²) in [6.45, 7) is 1.68. The Morgan fingerprint density at radius 1 is 1.16 bits per heavy atom. The second-order valence-corrected chi connectivity index (χ2v) is 3.73. The number of aromatic nitrogens is 1. The van der Waals surface area contributed by atoms with Crippen molar-refractivity contribution in [1.82, 2.24) is 5.16 Å². The lowest BCUT2D eigenvalue weighted by Gasteiger charge is -2.03. The third kappa shape index (κ3) is 2.98. The van der Waals surface area contributed by atoms with Gasteiger partial charge in [-0.15, -0.1) is 0 Å². The number of carbonyl (C=O) groups excluding carboxylic acids is 2. The highest BCUT2D eigenvalue weighted by molar-refractivity contribution is 5.90. The van der Waals surface area contributed by atoms with Gasteiger partial charge in [-0.3, -0.25) is 0 Å². The van der Waals surface area contributed by atoms with Crippen molar-refractivity contribution < 1.29 is 23.6 Å². The van der Waals surface area contributed by atoms with Crippen LogP contribution >= 0.6 is 0 Å². The predicted octanol–water partition coefficient (Wildman–Crippen LogP) is 1.99. The molecule has 0 aliphatic rings. The fourth-order valence-electron chi connectivity index (χ4n) is 1.40. The monoisotopic (exact) mass is 261 g/mol. The molecule has 0 unspecified atom stereocenters. The van der Waals surface area contributed by atoms with Crippen LogP contribution in [0, 0.1) is 6.92 Å². The lowest BCUT2D eigenvalue weighted by Crippen LogP contribution is -2.09. The van der Waals surface area contributed by atoms with Crippen molar-refractivity contribution in [1.29, 1.82) is 0 Å². The van der Waals surface area contributed by atoms with E-state index in [1.165, 1.54) is 37.4 Å². The van der Waals surface area contributed by atoms with Gasteiger partial charge in [0, 0.05) is 6.07 Å². The van der Waals surface area contributed by atoms with Crippen molar-refractivity contribution in [2.45, 2.75) is 6.92 Å². The van der Waals surface area contributed by atoms with Gasteiger partial charge < -0.3 is 14.0 Å². The molecule has 2 aromatic rings. The van der Waals surface area contributed by atoms with Crippen LogP contribution in [0.2, 0.25) is 0 Å². The van der Waals surface area contributed by atoms with Gasteiger partial charge in [0.1, 0.15) is 11.5 Å². The lowest BCUT2D eigenvalue weighted by molar-refractivity contribution is 0.0600. The molecule has 1 aromatic heterocycles. The van der Waals surface area contributed by atoms with Crippen LogP contribution in [-0.2, 0) is 4.74 Å². The van der Waals surface area contributed by atoms with Crippen molar-refractivity contribution in [3.8, 4) is 5.75 Å². The summed E-state index contributed by atoms with van der Waals surface area (Å²) in [6, 6.07) is 7.48. The Kier molecular flexibility index (Phi) is 3.61. The molecule has 1 heterocycles. The number of aryl methyl sites for hydroxylation is 1. The molecule has 6 nitrogen and oxygen atoms in total. The molecule has 0 bridgehead atoms. The predicted molar refractivity (Wildman–Crippen MR) is 64.0 cm³/mol. The molecule has 0 aliphatic carbocycles. The summed E-state index contributed by atoms with van der Waals surface area (Å²) in [5, 5.41) is 3.55. The molecule has 0 atom stereocenters. The molecule has 1 aromatic carbocycles. The number of hydrogen-bond acceptors (Lipinski definition) is 6. The highest BCUT2D eigenvalue weighted by Gasteiger charge is 2.14. The zero-order chi connectivity index (χ0) is 13.8. The highest BCUT2D eigenvalue weighted by atomic mass is 16.5. The summed E-state index contributed by atoms with van der Waals surface area (Å²) in [5.41, 5.74) is 0.467. The molecule has 0 saturated carbocycles. The number of carbonyl (C=O) groups is 2. The van der Waals surface area contributed by atoms with Crippen LogP contribution in [0.3, 0.4) is 0 Å². The third-order valence-corrected chi connectivity index (χ3v) is 2.32. The second kappa shape index (κ2) is 5.34. The van der Waals surface area contributed by atoms with E-state index in [9.17, 15) is 9.59 Å². The maximum absolute atomic E-state index is 11.7. The van der Waals surface area contributed by atoms with Gasteiger partial charge in [-0.05, 0) is 31.2 Å². The number of ether oxygens (including phenoxy) is 2. The van der Waals surface area contributed by atoms with Crippen molar-refractivity contribution in [2.24, 2.45) is 0 Å². The first-order chi connectivity index (χ1) is 9.10. The molecule has 0 N–H and O–H groups in total. The van der Waals surface area contributed by atoms with Gasteiger partial charge in [0.05, 0.1) is 12.7 Å². The van der Waals surface area contributed by atoms with Crippen LogP contribution < -0.4 is 4.74 Å². The Bertz CT molecular complexity index is 600. The lowest BCUT2D eigenvalue weighted by atomic mass is 10.2. The van der Waals surface area contributed by atoms with E-state index >= 15 is 0 Å². The Hall–Kier alpha value is -2.63. The normalized spacial score (nSPS) is 10.0. The molecule has 98 valence electrons. The minimum absolute atomic E-state index is 0.0922. The number of benzene rings is 1. The molecule has 0 aliphatic heterocycles. The Morgan fingerprint density at radius 3 is 2.37 bits per heavy atom. The van der Waals surface area contributed by atoms with E-state index in [0.717, 1.165) is 0 Å². The second-order valence-electron chi connectivity index (χ2n) is 3.73. The van der Waals surface area contributed by atoms with Gasteiger partial charge in [-0.25, -0.2) is 9.59 Å². The molecule has 0 amide bonds. The van der Waals surface area contributed by atoms with Gasteiger partial charge in [-0.2, -0.15) is 0 Å². The number of nitrogens with zero attached hydrogens (tertiary/aromatic N) is 1. The fourth-order valence-corrected chi connectivity index (χ4v) is 1.40. The number of methoxy groups -OCH3 is 1. The van der Waals surface area contributed by atoms with Crippen LogP contribution in [0.5, 0.6) is 5.75 Å². The summed E-state index contributed by atoms with van der Waals surface area (Å²) in [6.07, 6.45) is 0. The van der Waals surface area contributed by atoms with Crippen LogP contribution in [0.25, 0.3) is 0 Å². The molecule has 0 fully saturated rings. The average Bonchev–Trinajstić information content (AvgIpc) is 2.85. The largest absolute Gasteiger partial charge is 0.465 e. The minimum Gasteiger partial charge on any atom is -0.465 e. The minimum atomic E-state index is -0.623. The van der Waals surface area contributed by atoms with Crippen molar-refractivity contribution in [3.63, 3.8) is 0 Å². The summed E-state index contributed by atoms with van der Waals surface area (Å²) in [5.74, 6) is -0.251. The summed E-state index contributed by atoms with van der Waals surface area (Å²) in [7, 11) is 1.29. The molecule has 19 heavy (non-hydrogen) atoms. The van der Waals surface area contributed by atoms with Gasteiger partial charge in [-0.1, -0.05) is 5.16 Å². The van der Waals surface area contributed by atoms with E-state index in [0.29, 0.717) is 17.1 Å². The first-order valence-corrected chi connectivity index (χ1v) is 5.44. The number of esters is 2. The van der Waals surface area contributed by atoms with E-state index < -0.39 is 11.9 Å². The molecule has 0 saturated heterocycles. The third-order valence-electron chi connectivity index (χ3n) is 2.32. The van der Waals surface area contributed by atoms with E-state index in [-0.39, 0.29) is 5.69 Å². The smallest absolute Gasteiger partial charge is 0.365 e. The maximum Gasteiger partial charge on any atom is 0.365 e. The van der Waals surface area contributed by atoms with Crippen LogP contribution in [0.4, 0.5) is 0 Å². The molecule has 0 spiro atoms. The van der Waals surface area contributed by atoms with E-state index in [2.05, 4.69) is 9.89 Å². The molecular weight excluding hydrogens is 250 g/mol. The maximum atomic E-state index is 11.7. The van der Waals surface area contributed by atoms with E-state index in [4.69, 9.17) is 9.26 Å². The van der Waals surface area contributed by atoms with Gasteiger partial charge >= 0.3 is 11.9 Å². The van der Waals surface area contributed by atoms with Gasteiger partial charge in [0.2, 0.25) is 0 Å². The Morgan fingerprint density at radius 2 is 1.84 bits per heavy atom. The van der Waals surface area contributed by atoms with E-state index in [1.54, 1.807) is 6.92 Å². The summed E-state index contributed by atoms with van der Waals surface area (Å²) < 4.78 is 14.4. The Labute approximate surface area is 108 Å². The van der Waals surface area contributed by atoms with Crippen molar-refractivity contribution in [2.75, 3.05) is 7.11 Å². The summed E-state index contributed by atoms with van der Waals surface area (Å²) in [4.78, 5) is 22.9. The molecular formula is C13H11NO5. The van der Waals surface area contributed by atoms with Gasteiger partial charge in [0.25, 0.3) is 0 Å². The quantitative estimate of drug-likeness (QED) is 0.621. The highest BCUT2D eigenvalue weighted by Crippen LogP contribution is 2.15. The first kappa shape index (κ1) is 12.8. The van der Waals surface area contributed by atoms with Crippen LogP contribution in [0.1, 0.15) is 26.6 Å². The number of hydrogen-bond donors (Lipinski definition) is 0. The SMILES string of the molecule is COC(=O)c1ccc(OC(=O)c2cc(C)on2)cc1. The number of rotatable bonds is 3. The summed E-state index contributed by atoms with van der Waals surface area (Å²) >= 11 is 0. The Balaban J connectivity index is 2.07. The topological polar surface area (TPSA) is 78.6 Å². The van der Waals surface area contributed by atoms with Crippen molar-refractivity contribution in [3.05, 3.63) is 47.3 Å². The fraction of sp³-hybridized carbons (Fsp3) is 0.154. The molecule has 6 heteroatoms. The van der Waals surface area contributed by atoms with Crippen LogP contribution in [-0.4, -0.2) is 24.2 Å². The zero-order valence-electron chi connectivity index (χ0n) is 10.4. The molecule has 0 radical (unpaired) electrons. The van der Waals surface area contributed by atoms with Crippen LogP contribution in [0.15, 0.2) is 34.9 Å².